The first kappa shape index (κ1) is 22.9. The van der Waals surface area contributed by atoms with Crippen molar-refractivity contribution in [2.24, 2.45) is 0 Å². The van der Waals surface area contributed by atoms with Crippen molar-refractivity contribution in [3.8, 4) is 11.5 Å². The van der Waals surface area contributed by atoms with Gasteiger partial charge in [0.2, 0.25) is 11.8 Å². The van der Waals surface area contributed by atoms with Gasteiger partial charge in [0.15, 0.2) is 0 Å². The molecule has 0 aromatic heterocycles. The van der Waals surface area contributed by atoms with Gasteiger partial charge in [-0.3, -0.25) is 19.7 Å². The highest BCUT2D eigenvalue weighted by Gasteiger charge is 2.44. The molecule has 3 aromatic carbocycles. The van der Waals surface area contributed by atoms with Gasteiger partial charge in [0, 0.05) is 24.2 Å². The third-order valence-electron chi connectivity index (χ3n) is 5.17. The number of carbonyl (C=O) groups is 2. The quantitative estimate of drug-likeness (QED) is 0.401. The molecule has 4 rings (SSSR count). The summed E-state index contributed by atoms with van der Waals surface area (Å²) in [6, 6.07) is 18.1. The number of anilines is 1. The molecule has 1 heterocycles. The van der Waals surface area contributed by atoms with Gasteiger partial charge in [0.25, 0.3) is 15.7 Å². The second-order valence-corrected chi connectivity index (χ2v) is 9.24. The number of sulfonamides is 1. The van der Waals surface area contributed by atoms with E-state index in [-0.39, 0.29) is 23.4 Å². The van der Waals surface area contributed by atoms with Crippen LogP contribution in [0.1, 0.15) is 12.8 Å². The molecule has 0 radical (unpaired) electrons. The Morgan fingerprint density at radius 3 is 2.15 bits per heavy atom. The molecule has 0 aliphatic carbocycles. The highest BCUT2D eigenvalue weighted by Crippen LogP contribution is 2.30. The first-order valence-corrected chi connectivity index (χ1v) is 11.7. The van der Waals surface area contributed by atoms with E-state index in [2.05, 4.69) is 5.32 Å². The number of carbonyl (C=O) groups excluding carboxylic acids is 2. The average Bonchev–Trinajstić information content (AvgIpc) is 3.23. The summed E-state index contributed by atoms with van der Waals surface area (Å²) in [4.78, 5) is 35.2. The average molecular weight is 481 g/mol. The molecule has 0 saturated carbocycles. The van der Waals surface area contributed by atoms with Crippen LogP contribution in [-0.4, -0.2) is 35.5 Å². The monoisotopic (exact) mass is 481 g/mol. The third-order valence-corrected chi connectivity index (χ3v) is 7.01. The standard InChI is InChI=1S/C23H19N3O7S/c27-22-15-14-21(23(28)24-16-4-2-1-3-5-16)25(22)34(31,32)20-12-10-19(11-13-20)33-18-8-6-17(7-9-18)26(29)30/h1-13,21H,14-15H2,(H,24,28)/t21-/m1/s1. The number of amides is 2. The fraction of sp³-hybridized carbons (Fsp3) is 0.130. The van der Waals surface area contributed by atoms with E-state index < -0.39 is 32.8 Å². The van der Waals surface area contributed by atoms with Crippen LogP contribution in [0.5, 0.6) is 11.5 Å². The van der Waals surface area contributed by atoms with Gasteiger partial charge in [0.1, 0.15) is 17.5 Å². The van der Waals surface area contributed by atoms with E-state index in [4.69, 9.17) is 4.74 Å². The Morgan fingerprint density at radius 1 is 0.971 bits per heavy atom. The maximum absolute atomic E-state index is 13.2. The van der Waals surface area contributed by atoms with E-state index >= 15 is 0 Å². The lowest BCUT2D eigenvalue weighted by atomic mass is 10.2. The summed E-state index contributed by atoms with van der Waals surface area (Å²) in [6.07, 6.45) is 0.0194. The normalized spacial score (nSPS) is 15.7. The summed E-state index contributed by atoms with van der Waals surface area (Å²) in [7, 11) is -4.29. The number of benzene rings is 3. The van der Waals surface area contributed by atoms with Crippen LogP contribution in [0.3, 0.4) is 0 Å². The third kappa shape index (κ3) is 4.74. The van der Waals surface area contributed by atoms with Gasteiger partial charge in [-0.05, 0) is 55.0 Å². The predicted octanol–water partition coefficient (Wildman–Crippen LogP) is 3.71. The molecule has 174 valence electrons. The van der Waals surface area contributed by atoms with Crippen LogP contribution in [0.15, 0.2) is 83.8 Å². The van der Waals surface area contributed by atoms with E-state index in [1.54, 1.807) is 30.3 Å². The summed E-state index contributed by atoms with van der Waals surface area (Å²) >= 11 is 0. The van der Waals surface area contributed by atoms with Crippen LogP contribution in [0, 0.1) is 10.1 Å². The molecule has 11 heteroatoms. The number of rotatable bonds is 7. The van der Waals surface area contributed by atoms with Crippen molar-refractivity contribution in [2.75, 3.05) is 5.32 Å². The first-order chi connectivity index (χ1) is 16.3. The number of non-ortho nitro benzene ring substituents is 1. The minimum absolute atomic E-state index is 0.0621. The van der Waals surface area contributed by atoms with Gasteiger partial charge in [0.05, 0.1) is 9.82 Å². The maximum Gasteiger partial charge on any atom is 0.269 e. The Bertz CT molecular complexity index is 1330. The van der Waals surface area contributed by atoms with Gasteiger partial charge in [-0.25, -0.2) is 12.7 Å². The molecule has 1 aliphatic heterocycles. The van der Waals surface area contributed by atoms with Crippen LogP contribution in [0.2, 0.25) is 0 Å². The minimum Gasteiger partial charge on any atom is -0.457 e. The number of hydrogen-bond donors (Lipinski definition) is 1. The molecule has 34 heavy (non-hydrogen) atoms. The largest absolute Gasteiger partial charge is 0.457 e. The van der Waals surface area contributed by atoms with E-state index in [0.717, 1.165) is 0 Å². The van der Waals surface area contributed by atoms with Gasteiger partial charge in [-0.15, -0.1) is 0 Å². The number of nitro groups is 1. The predicted molar refractivity (Wildman–Crippen MR) is 122 cm³/mol. The summed E-state index contributed by atoms with van der Waals surface area (Å²) in [5.41, 5.74) is 0.409. The zero-order valence-corrected chi connectivity index (χ0v) is 18.5. The number of hydrogen-bond acceptors (Lipinski definition) is 7. The Labute approximate surface area is 195 Å². The number of nitrogens with one attached hydrogen (secondary N) is 1. The van der Waals surface area contributed by atoms with Crippen LogP contribution in [0.25, 0.3) is 0 Å². The fourth-order valence-electron chi connectivity index (χ4n) is 3.51. The molecule has 3 aromatic rings. The van der Waals surface area contributed by atoms with E-state index in [9.17, 15) is 28.1 Å². The van der Waals surface area contributed by atoms with Crippen molar-refractivity contribution in [1.29, 1.82) is 0 Å². The molecule has 2 amide bonds. The summed E-state index contributed by atoms with van der Waals surface area (Å²) in [5, 5.41) is 13.4. The van der Waals surface area contributed by atoms with Crippen molar-refractivity contribution in [3.63, 3.8) is 0 Å². The molecular weight excluding hydrogens is 462 g/mol. The van der Waals surface area contributed by atoms with E-state index in [1.807, 2.05) is 0 Å². The fourth-order valence-corrected chi connectivity index (χ4v) is 5.12. The lowest BCUT2D eigenvalue weighted by Crippen LogP contribution is -2.45. The van der Waals surface area contributed by atoms with Crippen LogP contribution in [0.4, 0.5) is 11.4 Å². The minimum atomic E-state index is -4.29. The molecule has 0 unspecified atom stereocenters. The second-order valence-electron chi connectivity index (χ2n) is 7.43. The zero-order valence-electron chi connectivity index (χ0n) is 17.7. The molecular formula is C23H19N3O7S. The van der Waals surface area contributed by atoms with Gasteiger partial charge in [-0.2, -0.15) is 0 Å². The maximum atomic E-state index is 13.2. The smallest absolute Gasteiger partial charge is 0.269 e. The van der Waals surface area contributed by atoms with Gasteiger partial charge in [-0.1, -0.05) is 18.2 Å². The highest BCUT2D eigenvalue weighted by atomic mass is 32.2. The van der Waals surface area contributed by atoms with Gasteiger partial charge < -0.3 is 10.1 Å². The second kappa shape index (κ2) is 9.32. The summed E-state index contributed by atoms with van der Waals surface area (Å²) in [6.45, 7) is 0. The van der Waals surface area contributed by atoms with Crippen molar-refractivity contribution in [2.45, 2.75) is 23.8 Å². The van der Waals surface area contributed by atoms with Crippen LogP contribution >= 0.6 is 0 Å². The molecule has 0 spiro atoms. The van der Waals surface area contributed by atoms with Crippen molar-refractivity contribution in [1.82, 2.24) is 4.31 Å². The number of nitrogens with zero attached hydrogens (tertiary/aromatic N) is 2. The molecule has 1 aliphatic rings. The summed E-state index contributed by atoms with van der Waals surface area (Å²) in [5.74, 6) is -0.620. The lowest BCUT2D eigenvalue weighted by molar-refractivity contribution is -0.384. The van der Waals surface area contributed by atoms with Gasteiger partial charge >= 0.3 is 0 Å². The molecule has 0 bridgehead atoms. The SMILES string of the molecule is O=C(Nc1ccccc1)[C@H]1CCC(=O)N1S(=O)(=O)c1ccc(Oc2ccc([N+](=O)[O-])cc2)cc1. The molecule has 10 nitrogen and oxygen atoms in total. The molecule has 1 N–H and O–H groups in total. The van der Waals surface area contributed by atoms with Crippen LogP contribution in [-0.2, 0) is 19.6 Å². The Morgan fingerprint density at radius 2 is 1.56 bits per heavy atom. The van der Waals surface area contributed by atoms with Crippen molar-refractivity contribution >= 4 is 33.2 Å². The number of ether oxygens (including phenoxy) is 1. The Kier molecular flexibility index (Phi) is 6.28. The Hall–Kier alpha value is -4.25. The van der Waals surface area contributed by atoms with Crippen LogP contribution < -0.4 is 10.1 Å². The molecule has 1 saturated heterocycles. The lowest BCUT2D eigenvalue weighted by Gasteiger charge is -2.23. The Balaban J connectivity index is 1.51. The first-order valence-electron chi connectivity index (χ1n) is 10.2. The van der Waals surface area contributed by atoms with Crippen molar-refractivity contribution < 1.29 is 27.7 Å². The topological polar surface area (TPSA) is 136 Å². The highest BCUT2D eigenvalue weighted by molar-refractivity contribution is 7.89. The summed E-state index contributed by atoms with van der Waals surface area (Å²) < 4.78 is 32.6. The molecule has 1 atom stereocenters. The van der Waals surface area contributed by atoms with E-state index in [0.29, 0.717) is 21.5 Å². The van der Waals surface area contributed by atoms with Crippen molar-refractivity contribution in [3.05, 3.63) is 89.0 Å². The zero-order chi connectivity index (χ0) is 24.3. The number of nitro benzene ring substituents is 1. The molecule has 1 fully saturated rings. The number of para-hydroxylation sites is 1. The van der Waals surface area contributed by atoms with E-state index in [1.165, 1.54) is 48.5 Å².